The van der Waals surface area contributed by atoms with Crippen molar-refractivity contribution in [1.82, 2.24) is 4.72 Å². The summed E-state index contributed by atoms with van der Waals surface area (Å²) in [5.41, 5.74) is 3.95. The fourth-order valence-corrected chi connectivity index (χ4v) is 5.43. The Kier molecular flexibility index (Phi) is 5.96. The van der Waals surface area contributed by atoms with E-state index in [1.165, 1.54) is 48.8 Å². The van der Waals surface area contributed by atoms with Crippen molar-refractivity contribution in [1.29, 1.82) is 0 Å². The number of rotatable bonds is 6. The van der Waals surface area contributed by atoms with Gasteiger partial charge in [-0.15, -0.1) is 0 Å². The van der Waals surface area contributed by atoms with Crippen molar-refractivity contribution in [3.05, 3.63) is 108 Å². The van der Waals surface area contributed by atoms with Crippen LogP contribution >= 0.6 is 11.9 Å². The van der Waals surface area contributed by atoms with Crippen LogP contribution in [0.1, 0.15) is 48.8 Å². The second-order valence-electron chi connectivity index (χ2n) is 7.33. The van der Waals surface area contributed by atoms with Gasteiger partial charge in [-0.05, 0) is 29.5 Å². The Morgan fingerprint density at radius 1 is 0.593 bits per heavy atom. The molecule has 0 saturated heterocycles. The van der Waals surface area contributed by atoms with Gasteiger partial charge in [0.25, 0.3) is 0 Å². The quantitative estimate of drug-likeness (QED) is 0.388. The number of benzene rings is 3. The Morgan fingerprint density at radius 3 is 1.41 bits per heavy atom. The third-order valence-corrected chi connectivity index (χ3v) is 6.99. The summed E-state index contributed by atoms with van der Waals surface area (Å²) in [7, 11) is 0. The molecule has 0 radical (unpaired) electrons. The third kappa shape index (κ3) is 3.97. The van der Waals surface area contributed by atoms with Crippen LogP contribution in [0.4, 0.5) is 0 Å². The fourth-order valence-electron chi connectivity index (χ4n) is 4.09. The van der Waals surface area contributed by atoms with Crippen LogP contribution in [-0.2, 0) is 4.75 Å². The summed E-state index contributed by atoms with van der Waals surface area (Å²) >= 11 is 1.88. The normalized spacial score (nSPS) is 15.6. The highest BCUT2D eigenvalue weighted by Gasteiger charge is 2.38. The first kappa shape index (κ1) is 18.3. The van der Waals surface area contributed by atoms with E-state index < -0.39 is 0 Å². The van der Waals surface area contributed by atoms with Crippen LogP contribution in [0.5, 0.6) is 0 Å². The maximum Gasteiger partial charge on any atom is 0.105 e. The molecule has 3 aromatic rings. The van der Waals surface area contributed by atoms with Crippen LogP contribution in [0.2, 0.25) is 0 Å². The zero-order valence-corrected chi connectivity index (χ0v) is 16.5. The maximum atomic E-state index is 3.87. The molecule has 0 unspecified atom stereocenters. The molecule has 1 aliphatic rings. The number of hydrogen-bond donors (Lipinski definition) is 1. The minimum Gasteiger partial charge on any atom is -0.260 e. The molecule has 1 N–H and O–H groups in total. The van der Waals surface area contributed by atoms with E-state index in [1.54, 1.807) is 0 Å². The van der Waals surface area contributed by atoms with Gasteiger partial charge in [-0.3, -0.25) is 4.72 Å². The summed E-state index contributed by atoms with van der Waals surface area (Å²) in [6.07, 6.45) is 6.62. The van der Waals surface area contributed by atoms with Crippen molar-refractivity contribution in [3.63, 3.8) is 0 Å². The number of hydrogen-bond acceptors (Lipinski definition) is 2. The van der Waals surface area contributed by atoms with Crippen LogP contribution < -0.4 is 4.72 Å². The summed E-state index contributed by atoms with van der Waals surface area (Å²) < 4.78 is 3.61. The zero-order valence-electron chi connectivity index (χ0n) is 15.7. The molecular formula is C25H27NS. The van der Waals surface area contributed by atoms with Gasteiger partial charge in [0, 0.05) is 6.04 Å². The first-order chi connectivity index (χ1) is 13.4. The van der Waals surface area contributed by atoms with Crippen molar-refractivity contribution in [2.75, 3.05) is 0 Å². The van der Waals surface area contributed by atoms with E-state index in [1.807, 2.05) is 11.9 Å². The first-order valence-corrected chi connectivity index (χ1v) is 10.8. The summed E-state index contributed by atoms with van der Waals surface area (Å²) in [5, 5.41) is 0. The molecule has 0 aliphatic heterocycles. The molecule has 1 aliphatic carbocycles. The van der Waals surface area contributed by atoms with Gasteiger partial charge in [0.15, 0.2) is 0 Å². The molecule has 1 saturated carbocycles. The Labute approximate surface area is 167 Å². The van der Waals surface area contributed by atoms with Gasteiger partial charge in [0.1, 0.15) is 4.75 Å². The van der Waals surface area contributed by atoms with Crippen molar-refractivity contribution >= 4 is 11.9 Å². The Balaban J connectivity index is 1.81. The zero-order chi connectivity index (χ0) is 18.4. The lowest BCUT2D eigenvalue weighted by atomic mass is 9.84. The Hall–Kier alpha value is -2.03. The van der Waals surface area contributed by atoms with Gasteiger partial charge >= 0.3 is 0 Å². The molecule has 1 fully saturated rings. The monoisotopic (exact) mass is 373 g/mol. The molecular weight excluding hydrogens is 346 g/mol. The molecule has 3 aromatic carbocycles. The van der Waals surface area contributed by atoms with E-state index in [9.17, 15) is 0 Å². The van der Waals surface area contributed by atoms with Crippen LogP contribution in [0.25, 0.3) is 0 Å². The molecule has 1 nitrogen and oxygen atoms in total. The Bertz CT molecular complexity index is 714. The van der Waals surface area contributed by atoms with E-state index >= 15 is 0 Å². The van der Waals surface area contributed by atoms with Crippen molar-refractivity contribution in [2.45, 2.75) is 42.9 Å². The molecule has 138 valence electrons. The van der Waals surface area contributed by atoms with Gasteiger partial charge in [-0.25, -0.2) is 0 Å². The second-order valence-corrected chi connectivity index (χ2v) is 8.39. The van der Waals surface area contributed by atoms with Crippen LogP contribution in [0, 0.1) is 0 Å². The fraction of sp³-hybridized carbons (Fsp3) is 0.280. The number of nitrogens with one attached hydrogen (secondary N) is 1. The molecule has 0 spiro atoms. The first-order valence-electron chi connectivity index (χ1n) is 10.00. The van der Waals surface area contributed by atoms with Gasteiger partial charge < -0.3 is 0 Å². The lowest BCUT2D eigenvalue weighted by Crippen LogP contribution is -2.34. The van der Waals surface area contributed by atoms with E-state index in [-0.39, 0.29) is 4.75 Å². The van der Waals surface area contributed by atoms with Crippen LogP contribution in [-0.4, -0.2) is 6.04 Å². The largest absolute Gasteiger partial charge is 0.260 e. The standard InChI is InChI=1S/C25H27NS/c1-5-13-21(14-6-1)25(22-15-7-2-8-16-22,23-17-9-3-10-18-23)27-26-24-19-11-4-12-20-24/h1-3,5-10,13-18,24,26H,4,11-12,19-20H2. The predicted octanol–water partition coefficient (Wildman–Crippen LogP) is 6.55. The molecule has 27 heavy (non-hydrogen) atoms. The smallest absolute Gasteiger partial charge is 0.105 e. The summed E-state index contributed by atoms with van der Waals surface area (Å²) in [6.45, 7) is 0. The molecule has 0 aromatic heterocycles. The van der Waals surface area contributed by atoms with Crippen molar-refractivity contribution in [3.8, 4) is 0 Å². The average Bonchev–Trinajstić information content (AvgIpc) is 2.77. The van der Waals surface area contributed by atoms with Crippen molar-refractivity contribution in [2.24, 2.45) is 0 Å². The lowest BCUT2D eigenvalue weighted by Gasteiger charge is -2.37. The molecule has 0 bridgehead atoms. The summed E-state index contributed by atoms with van der Waals surface area (Å²) in [6, 6.07) is 33.4. The highest BCUT2D eigenvalue weighted by Crippen LogP contribution is 2.47. The summed E-state index contributed by atoms with van der Waals surface area (Å²) in [5.74, 6) is 0. The molecule has 0 atom stereocenters. The average molecular weight is 374 g/mol. The topological polar surface area (TPSA) is 12.0 Å². The van der Waals surface area contributed by atoms with Crippen molar-refractivity contribution < 1.29 is 0 Å². The van der Waals surface area contributed by atoms with E-state index in [4.69, 9.17) is 0 Å². The molecule has 4 rings (SSSR count). The third-order valence-electron chi connectivity index (χ3n) is 5.52. The summed E-state index contributed by atoms with van der Waals surface area (Å²) in [4.78, 5) is 0. The van der Waals surface area contributed by atoms with Crippen LogP contribution in [0.15, 0.2) is 91.0 Å². The minimum atomic E-state index is -0.263. The van der Waals surface area contributed by atoms with E-state index in [0.717, 1.165) is 0 Å². The van der Waals surface area contributed by atoms with E-state index in [0.29, 0.717) is 6.04 Å². The highest BCUT2D eigenvalue weighted by atomic mass is 32.2. The second kappa shape index (κ2) is 8.77. The predicted molar refractivity (Wildman–Crippen MR) is 117 cm³/mol. The molecule has 0 amide bonds. The molecule has 0 heterocycles. The molecule has 2 heteroatoms. The van der Waals surface area contributed by atoms with Gasteiger partial charge in [-0.1, -0.05) is 122 Å². The van der Waals surface area contributed by atoms with Crippen LogP contribution in [0.3, 0.4) is 0 Å². The maximum absolute atomic E-state index is 3.87. The lowest BCUT2D eigenvalue weighted by molar-refractivity contribution is 0.422. The highest BCUT2D eigenvalue weighted by molar-refractivity contribution is 7.98. The van der Waals surface area contributed by atoms with E-state index in [2.05, 4.69) is 95.7 Å². The Morgan fingerprint density at radius 2 is 1.00 bits per heavy atom. The van der Waals surface area contributed by atoms with Gasteiger partial charge in [0.05, 0.1) is 0 Å². The van der Waals surface area contributed by atoms with Gasteiger partial charge in [0.2, 0.25) is 0 Å². The minimum absolute atomic E-state index is 0.263. The SMILES string of the molecule is c1ccc(C(SNC2CCCCC2)(c2ccccc2)c2ccccc2)cc1. The van der Waals surface area contributed by atoms with Gasteiger partial charge in [-0.2, -0.15) is 0 Å².